The lowest BCUT2D eigenvalue weighted by Crippen LogP contribution is -2.36. The number of nitrogens with zero attached hydrogens (tertiary/aromatic N) is 1. The van der Waals surface area contributed by atoms with E-state index in [4.69, 9.17) is 4.74 Å². The third kappa shape index (κ3) is 5.21. The summed E-state index contributed by atoms with van der Waals surface area (Å²) in [4.78, 5) is 2.41. The smallest absolute Gasteiger partial charge is 0.119 e. The van der Waals surface area contributed by atoms with Crippen molar-refractivity contribution in [2.45, 2.75) is 32.2 Å². The van der Waals surface area contributed by atoms with Gasteiger partial charge in [0, 0.05) is 19.1 Å². The Kier molecular flexibility index (Phi) is 5.67. The topological polar surface area (TPSA) is 24.5 Å². The first-order valence-corrected chi connectivity index (χ1v) is 7.35. The number of nitrogens with one attached hydrogen (secondary N) is 1. The lowest BCUT2D eigenvalue weighted by atomic mass is 10.2. The quantitative estimate of drug-likeness (QED) is 0.764. The van der Waals surface area contributed by atoms with E-state index >= 15 is 0 Å². The standard InChI is InChI=1S/C16H26N2O/c1-14-6-3-8-16(12-14)19-11-5-10-18(2)13-15-7-4-9-17-15/h3,6,8,12,15,17H,4-5,7,9-11,13H2,1-2H3. The Morgan fingerprint density at radius 1 is 1.42 bits per heavy atom. The first kappa shape index (κ1) is 14.4. The molecule has 0 aliphatic carbocycles. The van der Waals surface area contributed by atoms with E-state index < -0.39 is 0 Å². The van der Waals surface area contributed by atoms with Crippen LogP contribution in [0.4, 0.5) is 0 Å². The van der Waals surface area contributed by atoms with Crippen LogP contribution >= 0.6 is 0 Å². The maximum atomic E-state index is 5.76. The van der Waals surface area contributed by atoms with Crippen LogP contribution in [-0.4, -0.2) is 44.2 Å². The van der Waals surface area contributed by atoms with Crippen LogP contribution < -0.4 is 10.1 Å². The molecule has 1 heterocycles. The number of ether oxygens (including phenoxy) is 1. The van der Waals surface area contributed by atoms with Crippen LogP contribution in [0, 0.1) is 6.92 Å². The van der Waals surface area contributed by atoms with Gasteiger partial charge in [0.05, 0.1) is 6.61 Å². The summed E-state index contributed by atoms with van der Waals surface area (Å²) in [7, 11) is 2.20. The third-order valence-corrected chi connectivity index (χ3v) is 3.64. The molecule has 1 N–H and O–H groups in total. The highest BCUT2D eigenvalue weighted by Crippen LogP contribution is 2.12. The molecule has 1 fully saturated rings. The van der Waals surface area contributed by atoms with Crippen LogP contribution in [0.5, 0.6) is 5.75 Å². The molecule has 0 spiro atoms. The summed E-state index contributed by atoms with van der Waals surface area (Å²) in [6.45, 7) is 6.34. The molecule has 0 aromatic heterocycles. The molecular weight excluding hydrogens is 236 g/mol. The van der Waals surface area contributed by atoms with Gasteiger partial charge in [-0.1, -0.05) is 12.1 Å². The number of benzene rings is 1. The molecule has 1 saturated heterocycles. The molecule has 1 unspecified atom stereocenters. The van der Waals surface area contributed by atoms with Crippen molar-refractivity contribution in [2.24, 2.45) is 0 Å². The summed E-state index contributed by atoms with van der Waals surface area (Å²) in [6, 6.07) is 8.95. The van der Waals surface area contributed by atoms with Gasteiger partial charge in [0.25, 0.3) is 0 Å². The van der Waals surface area contributed by atoms with E-state index in [2.05, 4.69) is 36.3 Å². The summed E-state index contributed by atoms with van der Waals surface area (Å²) in [5.74, 6) is 0.986. The average Bonchev–Trinajstić information content (AvgIpc) is 2.87. The molecule has 3 nitrogen and oxygen atoms in total. The van der Waals surface area contributed by atoms with Crippen molar-refractivity contribution in [1.29, 1.82) is 0 Å². The SMILES string of the molecule is Cc1cccc(OCCCN(C)CC2CCCN2)c1. The maximum absolute atomic E-state index is 5.76. The minimum atomic E-state index is 0.697. The van der Waals surface area contributed by atoms with Crippen LogP contribution in [0.1, 0.15) is 24.8 Å². The molecule has 1 aromatic carbocycles. The number of likely N-dealkylation sites (N-methyl/N-ethyl adjacent to an activating group) is 1. The van der Waals surface area contributed by atoms with Crippen molar-refractivity contribution in [3.05, 3.63) is 29.8 Å². The second-order valence-electron chi connectivity index (χ2n) is 5.57. The molecule has 19 heavy (non-hydrogen) atoms. The average molecular weight is 262 g/mol. The second kappa shape index (κ2) is 7.51. The van der Waals surface area contributed by atoms with E-state index in [9.17, 15) is 0 Å². The molecule has 2 rings (SSSR count). The van der Waals surface area contributed by atoms with Crippen LogP contribution in [0.15, 0.2) is 24.3 Å². The van der Waals surface area contributed by atoms with Crippen LogP contribution in [0.2, 0.25) is 0 Å². The van der Waals surface area contributed by atoms with Crippen molar-refractivity contribution < 1.29 is 4.74 Å². The van der Waals surface area contributed by atoms with E-state index in [1.54, 1.807) is 0 Å². The Labute approximate surface area is 116 Å². The van der Waals surface area contributed by atoms with Crippen molar-refractivity contribution in [1.82, 2.24) is 10.2 Å². The predicted molar refractivity (Wildman–Crippen MR) is 79.8 cm³/mol. The molecule has 3 heteroatoms. The van der Waals surface area contributed by atoms with Gasteiger partial charge < -0.3 is 15.0 Å². The van der Waals surface area contributed by atoms with Crippen molar-refractivity contribution >= 4 is 0 Å². The number of hydrogen-bond acceptors (Lipinski definition) is 3. The summed E-state index contributed by atoms with van der Waals surface area (Å²) in [5.41, 5.74) is 1.25. The third-order valence-electron chi connectivity index (χ3n) is 3.64. The minimum absolute atomic E-state index is 0.697. The Morgan fingerprint density at radius 3 is 3.05 bits per heavy atom. The lowest BCUT2D eigenvalue weighted by molar-refractivity contribution is 0.250. The summed E-state index contributed by atoms with van der Waals surface area (Å²) >= 11 is 0. The largest absolute Gasteiger partial charge is 0.494 e. The zero-order valence-electron chi connectivity index (χ0n) is 12.2. The molecule has 1 atom stereocenters. The van der Waals surface area contributed by atoms with E-state index in [0.29, 0.717) is 6.04 Å². The van der Waals surface area contributed by atoms with Crippen LogP contribution in [0.25, 0.3) is 0 Å². The normalized spacial score (nSPS) is 19.0. The summed E-state index contributed by atoms with van der Waals surface area (Å²) < 4.78 is 5.76. The first-order chi connectivity index (χ1) is 9.24. The van der Waals surface area contributed by atoms with Gasteiger partial charge >= 0.3 is 0 Å². The Hall–Kier alpha value is -1.06. The molecule has 0 radical (unpaired) electrons. The maximum Gasteiger partial charge on any atom is 0.119 e. The number of hydrogen-bond donors (Lipinski definition) is 1. The Balaban J connectivity index is 1.58. The fourth-order valence-corrected chi connectivity index (χ4v) is 2.61. The number of rotatable bonds is 7. The Bertz CT molecular complexity index is 375. The van der Waals surface area contributed by atoms with Crippen molar-refractivity contribution in [3.8, 4) is 5.75 Å². The highest BCUT2D eigenvalue weighted by atomic mass is 16.5. The molecule has 1 aromatic rings. The van der Waals surface area contributed by atoms with E-state index in [1.807, 2.05) is 12.1 Å². The minimum Gasteiger partial charge on any atom is -0.494 e. The fraction of sp³-hybridized carbons (Fsp3) is 0.625. The lowest BCUT2D eigenvalue weighted by Gasteiger charge is -2.21. The zero-order valence-corrected chi connectivity index (χ0v) is 12.2. The van der Waals surface area contributed by atoms with Crippen molar-refractivity contribution in [2.75, 3.05) is 33.3 Å². The molecule has 1 aliphatic rings. The monoisotopic (exact) mass is 262 g/mol. The van der Waals surface area contributed by atoms with Gasteiger partial charge in [-0.15, -0.1) is 0 Å². The van der Waals surface area contributed by atoms with Crippen LogP contribution in [-0.2, 0) is 0 Å². The second-order valence-corrected chi connectivity index (χ2v) is 5.57. The number of aryl methyl sites for hydroxylation is 1. The van der Waals surface area contributed by atoms with Crippen molar-refractivity contribution in [3.63, 3.8) is 0 Å². The molecule has 0 bridgehead atoms. The molecule has 106 valence electrons. The van der Waals surface area contributed by atoms with Gasteiger partial charge in [0.1, 0.15) is 5.75 Å². The van der Waals surface area contributed by atoms with Gasteiger partial charge in [-0.25, -0.2) is 0 Å². The van der Waals surface area contributed by atoms with Gasteiger partial charge in [0.2, 0.25) is 0 Å². The van der Waals surface area contributed by atoms with E-state index in [1.165, 1.54) is 24.9 Å². The van der Waals surface area contributed by atoms with Gasteiger partial charge in [-0.3, -0.25) is 0 Å². The van der Waals surface area contributed by atoms with E-state index in [-0.39, 0.29) is 0 Å². The fourth-order valence-electron chi connectivity index (χ4n) is 2.61. The van der Waals surface area contributed by atoms with Gasteiger partial charge in [-0.2, -0.15) is 0 Å². The molecule has 0 saturated carbocycles. The van der Waals surface area contributed by atoms with Gasteiger partial charge in [0.15, 0.2) is 0 Å². The van der Waals surface area contributed by atoms with Crippen LogP contribution in [0.3, 0.4) is 0 Å². The zero-order chi connectivity index (χ0) is 13.5. The highest BCUT2D eigenvalue weighted by Gasteiger charge is 2.15. The molecule has 1 aliphatic heterocycles. The first-order valence-electron chi connectivity index (χ1n) is 7.35. The molecule has 0 amide bonds. The summed E-state index contributed by atoms with van der Waals surface area (Å²) in [6.07, 6.45) is 3.73. The van der Waals surface area contributed by atoms with Gasteiger partial charge in [-0.05, 0) is 57.5 Å². The highest BCUT2D eigenvalue weighted by molar-refractivity contribution is 5.27. The van der Waals surface area contributed by atoms with E-state index in [0.717, 1.165) is 31.9 Å². The predicted octanol–water partition coefficient (Wildman–Crippen LogP) is 2.45. The molecular formula is C16H26N2O. The Morgan fingerprint density at radius 2 is 2.32 bits per heavy atom. The summed E-state index contributed by atoms with van der Waals surface area (Å²) in [5, 5.41) is 3.54.